The predicted molar refractivity (Wildman–Crippen MR) is 67.9 cm³/mol. The number of piperazine rings is 1. The summed E-state index contributed by atoms with van der Waals surface area (Å²) in [5.41, 5.74) is 1.80. The Bertz CT molecular complexity index is 346. The summed E-state index contributed by atoms with van der Waals surface area (Å²) in [7, 11) is 2.09. The molecule has 94 valence electrons. The fraction of sp³-hybridized carbons (Fsp3) is 0.636. The van der Waals surface area contributed by atoms with Crippen LogP contribution in [0.1, 0.15) is 4.88 Å². The molecule has 1 aliphatic rings. The number of hydrogen-bond donors (Lipinski definition) is 1. The second-order valence-corrected chi connectivity index (χ2v) is 5.23. The Balaban J connectivity index is 1.67. The molecular formula is C11H18N4OS. The lowest BCUT2D eigenvalue weighted by atomic mass is 10.3. The van der Waals surface area contributed by atoms with Crippen molar-refractivity contribution >= 4 is 17.2 Å². The number of carbonyl (C=O) groups excluding carboxylic acids is 1. The van der Waals surface area contributed by atoms with Gasteiger partial charge in [0.2, 0.25) is 5.91 Å². The van der Waals surface area contributed by atoms with Gasteiger partial charge in [-0.3, -0.25) is 9.78 Å². The highest BCUT2D eigenvalue weighted by Crippen LogP contribution is 2.04. The van der Waals surface area contributed by atoms with E-state index in [-0.39, 0.29) is 5.91 Å². The Labute approximate surface area is 105 Å². The van der Waals surface area contributed by atoms with Crippen molar-refractivity contribution in [3.05, 3.63) is 16.6 Å². The van der Waals surface area contributed by atoms with E-state index in [1.807, 2.05) is 11.1 Å². The molecular weight excluding hydrogens is 236 g/mol. The minimum absolute atomic E-state index is 0.197. The van der Waals surface area contributed by atoms with Gasteiger partial charge in [-0.15, -0.1) is 11.3 Å². The van der Waals surface area contributed by atoms with Crippen molar-refractivity contribution in [3.8, 4) is 0 Å². The molecule has 0 radical (unpaired) electrons. The van der Waals surface area contributed by atoms with Crippen molar-refractivity contribution in [2.45, 2.75) is 6.54 Å². The number of thiazole rings is 1. The van der Waals surface area contributed by atoms with E-state index in [4.69, 9.17) is 0 Å². The molecule has 0 spiro atoms. The number of nitrogens with zero attached hydrogens (tertiary/aromatic N) is 3. The molecule has 0 bridgehead atoms. The lowest BCUT2D eigenvalue weighted by Crippen LogP contribution is -2.49. The third-order valence-corrected chi connectivity index (χ3v) is 3.69. The fourth-order valence-electron chi connectivity index (χ4n) is 1.79. The molecule has 1 aromatic heterocycles. The molecule has 0 aliphatic carbocycles. The first kappa shape index (κ1) is 12.5. The number of rotatable bonds is 4. The van der Waals surface area contributed by atoms with Gasteiger partial charge in [0, 0.05) is 43.8 Å². The van der Waals surface area contributed by atoms with Crippen LogP contribution in [0.15, 0.2) is 11.7 Å². The van der Waals surface area contributed by atoms with Gasteiger partial charge in [-0.2, -0.15) is 0 Å². The van der Waals surface area contributed by atoms with Gasteiger partial charge in [0.25, 0.3) is 0 Å². The Hall–Kier alpha value is -0.980. The second-order valence-electron chi connectivity index (χ2n) is 4.26. The quantitative estimate of drug-likeness (QED) is 0.822. The van der Waals surface area contributed by atoms with Gasteiger partial charge in [0.1, 0.15) is 0 Å². The lowest BCUT2D eigenvalue weighted by Gasteiger charge is -2.32. The zero-order valence-corrected chi connectivity index (χ0v) is 10.9. The number of nitrogens with one attached hydrogen (secondary N) is 1. The van der Waals surface area contributed by atoms with E-state index in [0.717, 1.165) is 37.6 Å². The van der Waals surface area contributed by atoms with E-state index in [0.29, 0.717) is 6.54 Å². The summed E-state index contributed by atoms with van der Waals surface area (Å²) in [5.74, 6) is 0.197. The van der Waals surface area contributed by atoms with Gasteiger partial charge in [-0.05, 0) is 7.05 Å². The van der Waals surface area contributed by atoms with Crippen molar-refractivity contribution in [2.75, 3.05) is 39.8 Å². The van der Waals surface area contributed by atoms with Gasteiger partial charge in [-0.25, -0.2) is 0 Å². The van der Waals surface area contributed by atoms with Crippen LogP contribution < -0.4 is 5.32 Å². The smallest absolute Gasteiger partial charge is 0.236 e. The van der Waals surface area contributed by atoms with E-state index < -0.39 is 0 Å². The second kappa shape index (κ2) is 6.09. The summed E-state index contributed by atoms with van der Waals surface area (Å²) in [6, 6.07) is 0. The van der Waals surface area contributed by atoms with E-state index in [2.05, 4.69) is 22.2 Å². The molecule has 6 heteroatoms. The first-order valence-electron chi connectivity index (χ1n) is 5.80. The zero-order chi connectivity index (χ0) is 12.1. The Kier molecular flexibility index (Phi) is 4.47. The topological polar surface area (TPSA) is 48.5 Å². The molecule has 1 aromatic rings. The zero-order valence-electron chi connectivity index (χ0n) is 10.1. The number of likely N-dealkylation sites (N-methyl/N-ethyl adjacent to an activating group) is 1. The molecule has 1 saturated heterocycles. The summed E-state index contributed by atoms with van der Waals surface area (Å²) in [6.45, 7) is 4.78. The number of aromatic nitrogens is 1. The summed E-state index contributed by atoms with van der Waals surface area (Å²) in [5, 5.41) is 3.16. The molecule has 5 nitrogen and oxygen atoms in total. The average Bonchev–Trinajstić information content (AvgIpc) is 2.83. The van der Waals surface area contributed by atoms with Crippen molar-refractivity contribution in [1.29, 1.82) is 0 Å². The van der Waals surface area contributed by atoms with E-state index in [1.54, 1.807) is 16.8 Å². The van der Waals surface area contributed by atoms with Crippen molar-refractivity contribution in [1.82, 2.24) is 20.1 Å². The van der Waals surface area contributed by atoms with Gasteiger partial charge in [0.05, 0.1) is 12.1 Å². The van der Waals surface area contributed by atoms with Gasteiger partial charge in [-0.1, -0.05) is 0 Å². The molecule has 1 aliphatic heterocycles. The van der Waals surface area contributed by atoms with Gasteiger partial charge in [0.15, 0.2) is 0 Å². The minimum Gasteiger partial charge on any atom is -0.339 e. The summed E-state index contributed by atoms with van der Waals surface area (Å²) < 4.78 is 0. The van der Waals surface area contributed by atoms with E-state index >= 15 is 0 Å². The van der Waals surface area contributed by atoms with Crippen molar-refractivity contribution < 1.29 is 4.79 Å². The minimum atomic E-state index is 0.197. The lowest BCUT2D eigenvalue weighted by molar-refractivity contribution is -0.131. The monoisotopic (exact) mass is 254 g/mol. The number of amides is 1. The molecule has 1 amide bonds. The molecule has 17 heavy (non-hydrogen) atoms. The van der Waals surface area contributed by atoms with Crippen LogP contribution in [-0.4, -0.2) is 60.5 Å². The molecule has 2 rings (SSSR count). The van der Waals surface area contributed by atoms with Crippen LogP contribution in [0.2, 0.25) is 0 Å². The average molecular weight is 254 g/mol. The first-order valence-corrected chi connectivity index (χ1v) is 6.68. The van der Waals surface area contributed by atoms with Crippen molar-refractivity contribution in [3.63, 3.8) is 0 Å². The predicted octanol–water partition coefficient (Wildman–Crippen LogP) is 0.00670. The summed E-state index contributed by atoms with van der Waals surface area (Å²) >= 11 is 1.61. The molecule has 0 aromatic carbocycles. The van der Waals surface area contributed by atoms with Crippen LogP contribution in [0.5, 0.6) is 0 Å². The SMILES string of the molecule is CN1CCN(C(=O)CNCc2cncs2)CC1. The molecule has 1 fully saturated rings. The maximum Gasteiger partial charge on any atom is 0.236 e. The summed E-state index contributed by atoms with van der Waals surface area (Å²) in [6.07, 6.45) is 1.83. The molecule has 1 N–H and O–H groups in total. The highest BCUT2D eigenvalue weighted by molar-refractivity contribution is 7.09. The van der Waals surface area contributed by atoms with Crippen LogP contribution in [0.4, 0.5) is 0 Å². The highest BCUT2D eigenvalue weighted by atomic mass is 32.1. The first-order chi connectivity index (χ1) is 8.25. The van der Waals surface area contributed by atoms with Crippen LogP contribution in [0.3, 0.4) is 0 Å². The Morgan fingerprint density at radius 2 is 2.24 bits per heavy atom. The van der Waals surface area contributed by atoms with E-state index in [9.17, 15) is 4.79 Å². The van der Waals surface area contributed by atoms with E-state index in [1.165, 1.54) is 0 Å². The maximum atomic E-state index is 11.9. The highest BCUT2D eigenvalue weighted by Gasteiger charge is 2.18. The normalized spacial score (nSPS) is 17.4. The third-order valence-electron chi connectivity index (χ3n) is 2.91. The van der Waals surface area contributed by atoms with Crippen LogP contribution in [0.25, 0.3) is 0 Å². The maximum absolute atomic E-state index is 11.9. The standard InChI is InChI=1S/C11H18N4OS/c1-14-2-4-15(5-3-14)11(16)8-12-6-10-7-13-9-17-10/h7,9,12H,2-6,8H2,1H3. The van der Waals surface area contributed by atoms with Gasteiger partial charge >= 0.3 is 0 Å². The molecule has 2 heterocycles. The number of hydrogen-bond acceptors (Lipinski definition) is 5. The molecule has 0 saturated carbocycles. The van der Waals surface area contributed by atoms with Crippen LogP contribution >= 0.6 is 11.3 Å². The Morgan fingerprint density at radius 3 is 2.88 bits per heavy atom. The Morgan fingerprint density at radius 1 is 1.47 bits per heavy atom. The summed E-state index contributed by atoms with van der Waals surface area (Å²) in [4.78, 5) is 21.2. The van der Waals surface area contributed by atoms with Crippen molar-refractivity contribution in [2.24, 2.45) is 0 Å². The van der Waals surface area contributed by atoms with Crippen LogP contribution in [0, 0.1) is 0 Å². The molecule has 0 unspecified atom stereocenters. The fourth-order valence-corrected chi connectivity index (χ4v) is 2.35. The van der Waals surface area contributed by atoms with Crippen LogP contribution in [-0.2, 0) is 11.3 Å². The third kappa shape index (κ3) is 3.76. The van der Waals surface area contributed by atoms with Gasteiger partial charge < -0.3 is 15.1 Å². The largest absolute Gasteiger partial charge is 0.339 e. The number of carbonyl (C=O) groups is 1. The molecule has 0 atom stereocenters.